The summed E-state index contributed by atoms with van der Waals surface area (Å²) in [5.41, 5.74) is 0. The van der Waals surface area contributed by atoms with Gasteiger partial charge in [0.05, 0.1) is 12.7 Å². The Labute approximate surface area is 73.3 Å². The summed E-state index contributed by atoms with van der Waals surface area (Å²) in [6, 6.07) is 2.01. The first-order chi connectivity index (χ1) is 5.63. The van der Waals surface area contributed by atoms with Gasteiger partial charge in [0.15, 0.2) is 5.78 Å². The lowest BCUT2D eigenvalue weighted by atomic mass is 9.92. The van der Waals surface area contributed by atoms with Crippen LogP contribution in [0.5, 0.6) is 0 Å². The second-order valence-corrected chi connectivity index (χ2v) is 3.06. The van der Waals surface area contributed by atoms with Crippen LogP contribution in [0.15, 0.2) is 0 Å². The molecule has 0 aromatic carbocycles. The zero-order valence-electron chi connectivity index (χ0n) is 7.83. The summed E-state index contributed by atoms with van der Waals surface area (Å²) in [5, 5.41) is 8.65. The Kier molecular flexibility index (Phi) is 5.31. The smallest absolute Gasteiger partial charge is 0.152 e. The van der Waals surface area contributed by atoms with Gasteiger partial charge in [-0.1, -0.05) is 13.8 Å². The molecule has 0 fully saturated rings. The maximum absolute atomic E-state index is 11.3. The summed E-state index contributed by atoms with van der Waals surface area (Å²) in [6.07, 6.45) is 0.340. The van der Waals surface area contributed by atoms with Crippen molar-refractivity contribution >= 4 is 5.78 Å². The number of hydrogen-bond donors (Lipinski definition) is 0. The Bertz CT molecular complexity index is 181. The van der Waals surface area contributed by atoms with E-state index in [2.05, 4.69) is 0 Å². The second kappa shape index (κ2) is 5.73. The molecule has 0 heterocycles. The van der Waals surface area contributed by atoms with Crippen LogP contribution in [0.1, 0.15) is 20.3 Å². The third-order valence-electron chi connectivity index (χ3n) is 1.71. The van der Waals surface area contributed by atoms with Gasteiger partial charge >= 0.3 is 0 Å². The van der Waals surface area contributed by atoms with Gasteiger partial charge in [-0.15, -0.1) is 0 Å². The molecule has 3 heteroatoms. The van der Waals surface area contributed by atoms with E-state index in [9.17, 15) is 4.79 Å². The number of rotatable bonds is 5. The predicted molar refractivity (Wildman–Crippen MR) is 45.4 cm³/mol. The van der Waals surface area contributed by atoms with Crippen molar-refractivity contribution in [3.63, 3.8) is 0 Å². The number of nitriles is 1. The maximum atomic E-state index is 11.3. The molecule has 0 aliphatic carbocycles. The first-order valence-corrected chi connectivity index (χ1v) is 4.04. The molecule has 0 N–H and O–H groups in total. The van der Waals surface area contributed by atoms with Crippen molar-refractivity contribution in [3.8, 4) is 6.07 Å². The van der Waals surface area contributed by atoms with E-state index in [0.717, 1.165) is 0 Å². The Morgan fingerprint density at radius 3 is 2.50 bits per heavy atom. The molecule has 0 aliphatic rings. The van der Waals surface area contributed by atoms with Gasteiger partial charge in [-0.25, -0.2) is 0 Å². The zero-order valence-corrected chi connectivity index (χ0v) is 7.83. The number of methoxy groups -OCH3 is 1. The number of carbonyl (C=O) groups excluding carboxylic acids is 1. The average molecular weight is 169 g/mol. The standard InChI is InChI=1S/C9H15NO2/c1-7(2)8(6-10)9(11)4-5-12-3/h7-8H,4-5H2,1-3H3. The van der Waals surface area contributed by atoms with Gasteiger partial charge in [-0.3, -0.25) is 4.79 Å². The molecule has 0 bridgehead atoms. The molecule has 12 heavy (non-hydrogen) atoms. The molecule has 0 aromatic heterocycles. The molecule has 3 nitrogen and oxygen atoms in total. The van der Waals surface area contributed by atoms with E-state index in [4.69, 9.17) is 10.00 Å². The highest BCUT2D eigenvalue weighted by Crippen LogP contribution is 2.12. The molecule has 0 aromatic rings. The summed E-state index contributed by atoms with van der Waals surface area (Å²) in [6.45, 7) is 4.15. The van der Waals surface area contributed by atoms with Crippen molar-refractivity contribution in [2.45, 2.75) is 20.3 Å². The highest BCUT2D eigenvalue weighted by molar-refractivity contribution is 5.83. The van der Waals surface area contributed by atoms with Crippen LogP contribution in [0.3, 0.4) is 0 Å². The fourth-order valence-corrected chi connectivity index (χ4v) is 0.951. The van der Waals surface area contributed by atoms with Crippen LogP contribution < -0.4 is 0 Å². The quantitative estimate of drug-likeness (QED) is 0.624. The van der Waals surface area contributed by atoms with Crippen molar-refractivity contribution in [2.75, 3.05) is 13.7 Å². The summed E-state index contributed by atoms with van der Waals surface area (Å²) < 4.78 is 4.76. The van der Waals surface area contributed by atoms with Crippen LogP contribution in [-0.4, -0.2) is 19.5 Å². The van der Waals surface area contributed by atoms with Crippen molar-refractivity contribution in [3.05, 3.63) is 0 Å². The summed E-state index contributed by atoms with van der Waals surface area (Å²) in [4.78, 5) is 11.3. The highest BCUT2D eigenvalue weighted by atomic mass is 16.5. The van der Waals surface area contributed by atoms with E-state index < -0.39 is 5.92 Å². The molecule has 0 aliphatic heterocycles. The van der Waals surface area contributed by atoms with Gasteiger partial charge in [0.25, 0.3) is 0 Å². The number of hydrogen-bond acceptors (Lipinski definition) is 3. The molecule has 0 saturated heterocycles. The van der Waals surface area contributed by atoms with Crippen molar-refractivity contribution < 1.29 is 9.53 Å². The first-order valence-electron chi connectivity index (χ1n) is 4.04. The monoisotopic (exact) mass is 169 g/mol. The number of nitrogens with zero attached hydrogens (tertiary/aromatic N) is 1. The van der Waals surface area contributed by atoms with E-state index in [-0.39, 0.29) is 11.7 Å². The lowest BCUT2D eigenvalue weighted by Crippen LogP contribution is -2.19. The van der Waals surface area contributed by atoms with E-state index in [1.54, 1.807) is 7.11 Å². The molecule has 0 radical (unpaired) electrons. The topological polar surface area (TPSA) is 50.1 Å². The Hall–Kier alpha value is -0.880. The molecule has 0 rings (SSSR count). The Balaban J connectivity index is 3.97. The van der Waals surface area contributed by atoms with Gasteiger partial charge < -0.3 is 4.74 Å². The second-order valence-electron chi connectivity index (χ2n) is 3.06. The molecule has 0 spiro atoms. The zero-order chi connectivity index (χ0) is 9.56. The molecule has 1 atom stereocenters. The average Bonchev–Trinajstić information content (AvgIpc) is 2.01. The van der Waals surface area contributed by atoms with Crippen LogP contribution in [-0.2, 0) is 9.53 Å². The van der Waals surface area contributed by atoms with Crippen LogP contribution in [0, 0.1) is 23.2 Å². The fraction of sp³-hybridized carbons (Fsp3) is 0.778. The molecule has 0 amide bonds. The SMILES string of the molecule is COCCC(=O)C(C#N)C(C)C. The number of ketones is 1. The number of ether oxygens (including phenoxy) is 1. The van der Waals surface area contributed by atoms with Gasteiger partial charge in [-0.2, -0.15) is 5.26 Å². The molecule has 1 unspecified atom stereocenters. The first kappa shape index (κ1) is 11.1. The minimum absolute atomic E-state index is 0.0191. The third-order valence-corrected chi connectivity index (χ3v) is 1.71. The van der Waals surface area contributed by atoms with E-state index >= 15 is 0 Å². The van der Waals surface area contributed by atoms with Gasteiger partial charge in [0, 0.05) is 13.5 Å². The minimum Gasteiger partial charge on any atom is -0.384 e. The summed E-state index contributed by atoms with van der Waals surface area (Å²) in [7, 11) is 1.55. The molecule has 68 valence electrons. The summed E-state index contributed by atoms with van der Waals surface area (Å²) in [5.74, 6) is -0.395. The van der Waals surface area contributed by atoms with Crippen LogP contribution in [0.4, 0.5) is 0 Å². The number of carbonyl (C=O) groups is 1. The highest BCUT2D eigenvalue weighted by Gasteiger charge is 2.20. The molecular weight excluding hydrogens is 154 g/mol. The van der Waals surface area contributed by atoms with Crippen molar-refractivity contribution in [1.82, 2.24) is 0 Å². The maximum Gasteiger partial charge on any atom is 0.152 e. The third kappa shape index (κ3) is 3.49. The van der Waals surface area contributed by atoms with Gasteiger partial charge in [0.1, 0.15) is 5.92 Å². The largest absolute Gasteiger partial charge is 0.384 e. The lowest BCUT2D eigenvalue weighted by Gasteiger charge is -2.10. The van der Waals surface area contributed by atoms with Crippen molar-refractivity contribution in [2.24, 2.45) is 11.8 Å². The fourth-order valence-electron chi connectivity index (χ4n) is 0.951. The molecular formula is C9H15NO2. The van der Waals surface area contributed by atoms with Crippen molar-refractivity contribution in [1.29, 1.82) is 5.26 Å². The molecule has 0 saturated carbocycles. The Morgan fingerprint density at radius 1 is 1.58 bits per heavy atom. The van der Waals surface area contributed by atoms with Crippen LogP contribution in [0.2, 0.25) is 0 Å². The van der Waals surface area contributed by atoms with E-state index in [1.165, 1.54) is 0 Å². The number of Topliss-reactive ketones (excluding diaryl/α,β-unsaturated/α-hetero) is 1. The van der Waals surface area contributed by atoms with E-state index in [1.807, 2.05) is 19.9 Å². The van der Waals surface area contributed by atoms with Crippen LogP contribution >= 0.6 is 0 Å². The normalized spacial score (nSPS) is 12.6. The van der Waals surface area contributed by atoms with E-state index in [0.29, 0.717) is 13.0 Å². The predicted octanol–water partition coefficient (Wildman–Crippen LogP) is 1.39. The van der Waals surface area contributed by atoms with Gasteiger partial charge in [-0.05, 0) is 5.92 Å². The van der Waals surface area contributed by atoms with Crippen LogP contribution in [0.25, 0.3) is 0 Å². The van der Waals surface area contributed by atoms with Gasteiger partial charge in [0.2, 0.25) is 0 Å². The minimum atomic E-state index is -0.472. The lowest BCUT2D eigenvalue weighted by molar-refractivity contribution is -0.123. The summed E-state index contributed by atoms with van der Waals surface area (Å²) >= 11 is 0. The Morgan fingerprint density at radius 2 is 2.17 bits per heavy atom.